The Morgan fingerprint density at radius 3 is 3.12 bits per heavy atom. The van der Waals surface area contributed by atoms with Crippen molar-refractivity contribution in [2.45, 2.75) is 32.5 Å². The molecule has 1 fully saturated rings. The highest BCUT2D eigenvalue weighted by Gasteiger charge is 2.20. The van der Waals surface area contributed by atoms with Gasteiger partial charge in [-0.05, 0) is 31.4 Å². The summed E-state index contributed by atoms with van der Waals surface area (Å²) in [7, 11) is 0. The molecule has 0 radical (unpaired) electrons. The number of rotatable bonds is 5. The molecule has 1 atom stereocenters. The minimum absolute atomic E-state index is 0.307. The van der Waals surface area contributed by atoms with Crippen LogP contribution in [-0.2, 0) is 19.6 Å². The molecule has 130 valence electrons. The molecule has 0 spiro atoms. The summed E-state index contributed by atoms with van der Waals surface area (Å²) in [6, 6.07) is 2.15. The lowest BCUT2D eigenvalue weighted by atomic mass is 9.99. The van der Waals surface area contributed by atoms with Crippen molar-refractivity contribution in [2.24, 2.45) is 5.92 Å². The van der Waals surface area contributed by atoms with Gasteiger partial charge < -0.3 is 19.9 Å². The molecule has 2 N–H and O–H groups in total. The Balaban J connectivity index is 1.44. The fourth-order valence-electron chi connectivity index (χ4n) is 3.78. The molecule has 0 amide bonds. The largest absolute Gasteiger partial charge is 0.396 e. The highest BCUT2D eigenvalue weighted by molar-refractivity contribution is 5.50. The van der Waals surface area contributed by atoms with Gasteiger partial charge in [0.25, 0.3) is 0 Å². The van der Waals surface area contributed by atoms with Crippen molar-refractivity contribution in [3.63, 3.8) is 0 Å². The normalized spacial score (nSPS) is 21.8. The van der Waals surface area contributed by atoms with E-state index in [4.69, 9.17) is 5.10 Å². The van der Waals surface area contributed by atoms with Crippen LogP contribution in [0.15, 0.2) is 18.5 Å². The molecular formula is C17H26N6O. The molecule has 7 heteroatoms. The molecule has 1 unspecified atom stereocenters. The van der Waals surface area contributed by atoms with Gasteiger partial charge in [0.15, 0.2) is 5.82 Å². The van der Waals surface area contributed by atoms with Gasteiger partial charge in [-0.3, -0.25) is 4.68 Å². The summed E-state index contributed by atoms with van der Waals surface area (Å²) in [6.07, 6.45) is 6.23. The monoisotopic (exact) mass is 330 g/mol. The number of fused-ring (bicyclic) bond motifs is 1. The quantitative estimate of drug-likeness (QED) is 0.838. The summed E-state index contributed by atoms with van der Waals surface area (Å²) in [5.74, 6) is 1.39. The number of hydrogen-bond acceptors (Lipinski definition) is 5. The Bertz CT molecular complexity index is 655. The number of aliphatic hydroxyl groups is 1. The second kappa shape index (κ2) is 7.04. The van der Waals surface area contributed by atoms with Gasteiger partial charge in [0.1, 0.15) is 5.69 Å². The number of aromatic nitrogens is 4. The van der Waals surface area contributed by atoms with Crippen LogP contribution in [0.4, 0.5) is 0 Å². The topological polar surface area (TPSA) is 71.1 Å². The third-order valence-corrected chi connectivity index (χ3v) is 5.13. The minimum atomic E-state index is 0.307. The lowest BCUT2D eigenvalue weighted by Crippen LogP contribution is -2.38. The van der Waals surface area contributed by atoms with E-state index in [2.05, 4.69) is 30.5 Å². The molecule has 24 heavy (non-hydrogen) atoms. The molecule has 2 aliphatic rings. The summed E-state index contributed by atoms with van der Waals surface area (Å²) in [6.45, 7) is 7.12. The molecule has 7 nitrogen and oxygen atoms in total. The standard InChI is InChI=1S/C17H26N6O/c24-13-14-2-1-5-21(12-14)8-9-22-6-4-19-17(22)16-10-15-11-18-3-7-23(15)20-16/h4,6,10,14,18,24H,1-3,5,7-9,11-13H2. The van der Waals surface area contributed by atoms with Crippen LogP contribution in [-0.4, -0.2) is 62.1 Å². The lowest BCUT2D eigenvalue weighted by Gasteiger charge is -2.31. The molecule has 4 rings (SSSR count). The van der Waals surface area contributed by atoms with Crippen LogP contribution in [0.25, 0.3) is 11.5 Å². The summed E-state index contributed by atoms with van der Waals surface area (Å²) >= 11 is 0. The summed E-state index contributed by atoms with van der Waals surface area (Å²) in [5, 5.41) is 17.5. The van der Waals surface area contributed by atoms with Gasteiger partial charge in [-0.25, -0.2) is 4.98 Å². The van der Waals surface area contributed by atoms with Crippen LogP contribution in [0.2, 0.25) is 0 Å². The van der Waals surface area contributed by atoms with Gasteiger partial charge in [0, 0.05) is 51.7 Å². The van der Waals surface area contributed by atoms with E-state index in [9.17, 15) is 5.11 Å². The van der Waals surface area contributed by atoms with Crippen molar-refractivity contribution < 1.29 is 5.11 Å². The average molecular weight is 330 g/mol. The molecule has 2 aromatic heterocycles. The van der Waals surface area contributed by atoms with E-state index in [0.717, 1.165) is 63.8 Å². The van der Waals surface area contributed by atoms with E-state index in [1.807, 2.05) is 12.4 Å². The van der Waals surface area contributed by atoms with Crippen LogP contribution in [0.1, 0.15) is 18.5 Å². The summed E-state index contributed by atoms with van der Waals surface area (Å²) in [5.41, 5.74) is 2.19. The first kappa shape index (κ1) is 15.8. The Labute approximate surface area is 142 Å². The first-order chi connectivity index (χ1) is 11.8. The maximum absolute atomic E-state index is 9.38. The summed E-state index contributed by atoms with van der Waals surface area (Å²) in [4.78, 5) is 6.99. The zero-order valence-electron chi connectivity index (χ0n) is 14.1. The molecule has 0 aliphatic carbocycles. The predicted molar refractivity (Wildman–Crippen MR) is 91.4 cm³/mol. The fourth-order valence-corrected chi connectivity index (χ4v) is 3.78. The molecule has 2 aromatic rings. The zero-order valence-corrected chi connectivity index (χ0v) is 14.1. The molecule has 4 heterocycles. The number of nitrogens with zero attached hydrogens (tertiary/aromatic N) is 5. The van der Waals surface area contributed by atoms with Gasteiger partial charge in [0.2, 0.25) is 0 Å². The molecule has 0 bridgehead atoms. The number of piperidine rings is 1. The highest BCUT2D eigenvalue weighted by atomic mass is 16.3. The van der Waals surface area contributed by atoms with E-state index >= 15 is 0 Å². The van der Waals surface area contributed by atoms with Gasteiger partial charge in [-0.15, -0.1) is 0 Å². The SMILES string of the molecule is OCC1CCCN(CCn2ccnc2-c2cc3n(n2)CCNC3)C1. The van der Waals surface area contributed by atoms with Crippen molar-refractivity contribution in [2.75, 3.05) is 32.8 Å². The maximum Gasteiger partial charge on any atom is 0.160 e. The van der Waals surface area contributed by atoms with Crippen molar-refractivity contribution >= 4 is 0 Å². The van der Waals surface area contributed by atoms with Crippen LogP contribution >= 0.6 is 0 Å². The lowest BCUT2D eigenvalue weighted by molar-refractivity contribution is 0.118. The molecule has 0 saturated carbocycles. The minimum Gasteiger partial charge on any atom is -0.396 e. The first-order valence-corrected chi connectivity index (χ1v) is 8.95. The van der Waals surface area contributed by atoms with E-state index in [-0.39, 0.29) is 0 Å². The summed E-state index contributed by atoms with van der Waals surface area (Å²) < 4.78 is 4.28. The average Bonchev–Trinajstić information content (AvgIpc) is 3.26. The van der Waals surface area contributed by atoms with Crippen LogP contribution < -0.4 is 5.32 Å². The predicted octanol–water partition coefficient (Wildman–Crippen LogP) is 0.554. The van der Waals surface area contributed by atoms with E-state index in [1.54, 1.807) is 0 Å². The highest BCUT2D eigenvalue weighted by Crippen LogP contribution is 2.20. The second-order valence-corrected chi connectivity index (χ2v) is 6.86. The number of likely N-dealkylation sites (tertiary alicyclic amines) is 1. The number of nitrogens with one attached hydrogen (secondary N) is 1. The van der Waals surface area contributed by atoms with Crippen LogP contribution in [0, 0.1) is 5.92 Å². The van der Waals surface area contributed by atoms with Crippen molar-refractivity contribution in [3.8, 4) is 11.5 Å². The first-order valence-electron chi connectivity index (χ1n) is 8.95. The second-order valence-electron chi connectivity index (χ2n) is 6.86. The van der Waals surface area contributed by atoms with E-state index in [0.29, 0.717) is 12.5 Å². The Morgan fingerprint density at radius 1 is 1.29 bits per heavy atom. The third-order valence-electron chi connectivity index (χ3n) is 5.13. The number of aliphatic hydroxyl groups excluding tert-OH is 1. The Morgan fingerprint density at radius 2 is 2.25 bits per heavy atom. The van der Waals surface area contributed by atoms with Crippen LogP contribution in [0.3, 0.4) is 0 Å². The van der Waals surface area contributed by atoms with Crippen molar-refractivity contribution in [3.05, 3.63) is 24.2 Å². The van der Waals surface area contributed by atoms with E-state index in [1.165, 1.54) is 12.1 Å². The Hall–Kier alpha value is -1.70. The smallest absolute Gasteiger partial charge is 0.160 e. The number of imidazole rings is 1. The zero-order chi connectivity index (χ0) is 16.4. The molecular weight excluding hydrogens is 304 g/mol. The van der Waals surface area contributed by atoms with Crippen molar-refractivity contribution in [1.82, 2.24) is 29.5 Å². The van der Waals surface area contributed by atoms with Gasteiger partial charge >= 0.3 is 0 Å². The molecule has 0 aromatic carbocycles. The maximum atomic E-state index is 9.38. The van der Waals surface area contributed by atoms with Crippen LogP contribution in [0.5, 0.6) is 0 Å². The van der Waals surface area contributed by atoms with Gasteiger partial charge in [0.05, 0.1) is 12.2 Å². The van der Waals surface area contributed by atoms with Crippen molar-refractivity contribution in [1.29, 1.82) is 0 Å². The number of hydrogen-bond donors (Lipinski definition) is 2. The van der Waals surface area contributed by atoms with E-state index < -0.39 is 0 Å². The fraction of sp³-hybridized carbons (Fsp3) is 0.647. The van der Waals surface area contributed by atoms with Gasteiger partial charge in [-0.1, -0.05) is 0 Å². The third kappa shape index (κ3) is 3.24. The Kier molecular flexibility index (Phi) is 4.64. The molecule has 2 aliphatic heterocycles. The van der Waals surface area contributed by atoms with Gasteiger partial charge in [-0.2, -0.15) is 5.10 Å². The molecule has 1 saturated heterocycles.